The van der Waals surface area contributed by atoms with Gasteiger partial charge >= 0.3 is 0 Å². The van der Waals surface area contributed by atoms with Crippen LogP contribution in [-0.2, 0) is 0 Å². The summed E-state index contributed by atoms with van der Waals surface area (Å²) in [5.74, 6) is 0. The molecule has 2 unspecified atom stereocenters. The van der Waals surface area contributed by atoms with Gasteiger partial charge in [-0.05, 0) is 46.2 Å². The first-order valence-electron chi connectivity index (χ1n) is 6.10. The van der Waals surface area contributed by atoms with Gasteiger partial charge in [-0.25, -0.2) is 0 Å². The van der Waals surface area contributed by atoms with Crippen LogP contribution in [0.3, 0.4) is 0 Å². The van der Waals surface area contributed by atoms with Crippen molar-refractivity contribution in [1.82, 2.24) is 4.90 Å². The minimum Gasteiger partial charge on any atom is -0.394 e. The van der Waals surface area contributed by atoms with Gasteiger partial charge < -0.3 is 15.7 Å². The number of hydrogen-bond donors (Lipinski definition) is 2. The predicted octanol–water partition coefficient (Wildman–Crippen LogP) is 1.60. The molecular formula is C12H28N2O. The summed E-state index contributed by atoms with van der Waals surface area (Å²) < 4.78 is 0. The Morgan fingerprint density at radius 3 is 2.07 bits per heavy atom. The summed E-state index contributed by atoms with van der Waals surface area (Å²) in [5, 5.41) is 9.14. The van der Waals surface area contributed by atoms with Crippen molar-refractivity contribution in [2.45, 2.75) is 58.5 Å². The molecule has 0 aliphatic carbocycles. The van der Waals surface area contributed by atoms with Gasteiger partial charge in [-0.3, -0.25) is 0 Å². The molecule has 0 aromatic carbocycles. The second-order valence-electron chi connectivity index (χ2n) is 4.90. The average Bonchev–Trinajstić information content (AvgIpc) is 2.17. The number of aliphatic hydroxyl groups excluding tert-OH is 1. The van der Waals surface area contributed by atoms with E-state index in [2.05, 4.69) is 25.7 Å². The fourth-order valence-corrected chi connectivity index (χ4v) is 2.00. The molecule has 0 aromatic heterocycles. The zero-order chi connectivity index (χ0) is 11.9. The van der Waals surface area contributed by atoms with Crippen molar-refractivity contribution >= 4 is 0 Å². The van der Waals surface area contributed by atoms with E-state index in [1.165, 1.54) is 12.8 Å². The van der Waals surface area contributed by atoms with Gasteiger partial charge in [0.15, 0.2) is 0 Å². The second kappa shape index (κ2) is 7.20. The monoisotopic (exact) mass is 216 g/mol. The Morgan fingerprint density at radius 1 is 1.27 bits per heavy atom. The molecule has 15 heavy (non-hydrogen) atoms. The van der Waals surface area contributed by atoms with E-state index in [0.29, 0.717) is 6.04 Å². The van der Waals surface area contributed by atoms with Gasteiger partial charge in [-0.15, -0.1) is 0 Å². The molecule has 0 bridgehead atoms. The molecular weight excluding hydrogens is 188 g/mol. The van der Waals surface area contributed by atoms with Gasteiger partial charge in [0.05, 0.1) is 6.61 Å². The van der Waals surface area contributed by atoms with E-state index >= 15 is 0 Å². The first-order chi connectivity index (χ1) is 6.96. The number of hydrogen-bond acceptors (Lipinski definition) is 3. The summed E-state index contributed by atoms with van der Waals surface area (Å²) in [6.07, 6.45) is 3.19. The maximum absolute atomic E-state index is 9.14. The van der Waals surface area contributed by atoms with Gasteiger partial charge in [0, 0.05) is 11.6 Å². The molecule has 0 rings (SSSR count). The van der Waals surface area contributed by atoms with Crippen LogP contribution in [0.2, 0.25) is 0 Å². The van der Waals surface area contributed by atoms with Crippen LogP contribution >= 0.6 is 0 Å². The highest BCUT2D eigenvalue weighted by molar-refractivity contribution is 4.83. The average molecular weight is 216 g/mol. The zero-order valence-electron chi connectivity index (χ0n) is 10.8. The Labute approximate surface area is 94.6 Å². The smallest absolute Gasteiger partial charge is 0.0609 e. The van der Waals surface area contributed by atoms with E-state index < -0.39 is 5.54 Å². The maximum atomic E-state index is 9.14. The highest BCUT2D eigenvalue weighted by atomic mass is 16.3. The van der Waals surface area contributed by atoms with Crippen molar-refractivity contribution in [3.8, 4) is 0 Å². The topological polar surface area (TPSA) is 49.5 Å². The third-order valence-corrected chi connectivity index (χ3v) is 2.77. The predicted molar refractivity (Wildman–Crippen MR) is 65.9 cm³/mol. The van der Waals surface area contributed by atoms with E-state index in [4.69, 9.17) is 10.8 Å². The van der Waals surface area contributed by atoms with Crippen LogP contribution in [0.5, 0.6) is 0 Å². The van der Waals surface area contributed by atoms with Crippen LogP contribution in [0.25, 0.3) is 0 Å². The number of rotatable bonds is 8. The summed E-state index contributed by atoms with van der Waals surface area (Å²) >= 11 is 0. The van der Waals surface area contributed by atoms with Crippen molar-refractivity contribution in [1.29, 1.82) is 0 Å². The van der Waals surface area contributed by atoms with Crippen molar-refractivity contribution in [3.05, 3.63) is 0 Å². The van der Waals surface area contributed by atoms with Crippen LogP contribution in [0.15, 0.2) is 0 Å². The molecule has 0 fully saturated rings. The van der Waals surface area contributed by atoms with Gasteiger partial charge in [0.25, 0.3) is 0 Å². The van der Waals surface area contributed by atoms with E-state index in [0.717, 1.165) is 19.5 Å². The minimum atomic E-state index is -0.445. The Bertz CT molecular complexity index is 154. The molecule has 0 saturated carbocycles. The van der Waals surface area contributed by atoms with Crippen LogP contribution in [-0.4, -0.2) is 41.3 Å². The summed E-state index contributed by atoms with van der Waals surface area (Å²) in [4.78, 5) is 2.46. The lowest BCUT2D eigenvalue weighted by Gasteiger charge is -2.33. The van der Waals surface area contributed by atoms with E-state index in [9.17, 15) is 0 Å². The van der Waals surface area contributed by atoms with Gasteiger partial charge in [-0.1, -0.05) is 13.8 Å². The lowest BCUT2D eigenvalue weighted by Crippen LogP contribution is -2.47. The fraction of sp³-hybridized carbons (Fsp3) is 1.00. The molecule has 0 heterocycles. The van der Waals surface area contributed by atoms with Gasteiger partial charge in [-0.2, -0.15) is 0 Å². The third-order valence-electron chi connectivity index (χ3n) is 2.77. The summed E-state index contributed by atoms with van der Waals surface area (Å²) in [6, 6.07) is 0.451. The van der Waals surface area contributed by atoms with Crippen LogP contribution in [0, 0.1) is 0 Å². The van der Waals surface area contributed by atoms with Crippen molar-refractivity contribution in [3.63, 3.8) is 0 Å². The van der Waals surface area contributed by atoms with Crippen LogP contribution < -0.4 is 5.73 Å². The normalized spacial score (nSPS) is 17.8. The lowest BCUT2D eigenvalue weighted by molar-refractivity contribution is 0.136. The molecule has 92 valence electrons. The van der Waals surface area contributed by atoms with Crippen LogP contribution in [0.1, 0.15) is 47.0 Å². The second-order valence-corrected chi connectivity index (χ2v) is 4.90. The number of aliphatic hydroxyl groups is 1. The molecule has 0 aliphatic heterocycles. The van der Waals surface area contributed by atoms with E-state index in [1.54, 1.807) is 0 Å². The molecule has 3 nitrogen and oxygen atoms in total. The van der Waals surface area contributed by atoms with E-state index in [1.807, 2.05) is 6.92 Å². The van der Waals surface area contributed by atoms with Crippen LogP contribution in [0.4, 0.5) is 0 Å². The maximum Gasteiger partial charge on any atom is 0.0609 e. The summed E-state index contributed by atoms with van der Waals surface area (Å²) in [6.45, 7) is 10.8. The molecule has 0 spiro atoms. The Morgan fingerprint density at radius 2 is 1.73 bits per heavy atom. The fourth-order valence-electron chi connectivity index (χ4n) is 2.00. The quantitative estimate of drug-likeness (QED) is 0.648. The van der Waals surface area contributed by atoms with Crippen molar-refractivity contribution in [2.75, 3.05) is 19.7 Å². The highest BCUT2D eigenvalue weighted by Gasteiger charge is 2.23. The summed E-state index contributed by atoms with van der Waals surface area (Å²) in [7, 11) is 0. The third kappa shape index (κ3) is 6.13. The molecule has 0 amide bonds. The van der Waals surface area contributed by atoms with E-state index in [-0.39, 0.29) is 6.61 Å². The molecule has 0 aliphatic rings. The SMILES string of the molecule is CCCN(CCC)C(C)CC(C)(N)CO. The Kier molecular flexibility index (Phi) is 7.14. The zero-order valence-corrected chi connectivity index (χ0v) is 10.8. The minimum absolute atomic E-state index is 0.0590. The Balaban J connectivity index is 4.17. The number of nitrogens with two attached hydrogens (primary N) is 1. The molecule has 0 aromatic rings. The molecule has 2 atom stereocenters. The Hall–Kier alpha value is -0.120. The van der Waals surface area contributed by atoms with Crippen molar-refractivity contribution in [2.24, 2.45) is 5.73 Å². The molecule has 0 radical (unpaired) electrons. The molecule has 3 heteroatoms. The largest absolute Gasteiger partial charge is 0.394 e. The number of nitrogens with zero attached hydrogens (tertiary/aromatic N) is 1. The van der Waals surface area contributed by atoms with Gasteiger partial charge in [0.2, 0.25) is 0 Å². The highest BCUT2D eigenvalue weighted by Crippen LogP contribution is 2.14. The lowest BCUT2D eigenvalue weighted by atomic mass is 9.95. The van der Waals surface area contributed by atoms with Crippen molar-refractivity contribution < 1.29 is 5.11 Å². The first kappa shape index (κ1) is 14.9. The van der Waals surface area contributed by atoms with Gasteiger partial charge in [0.1, 0.15) is 0 Å². The first-order valence-corrected chi connectivity index (χ1v) is 6.10. The molecule has 0 saturated heterocycles. The standard InChI is InChI=1S/C12H28N2O/c1-5-7-14(8-6-2)11(3)9-12(4,13)10-15/h11,15H,5-10,13H2,1-4H3. The molecule has 3 N–H and O–H groups in total. The summed E-state index contributed by atoms with van der Waals surface area (Å²) in [5.41, 5.74) is 5.53.